The molecule has 0 aromatic rings. The van der Waals surface area contributed by atoms with Gasteiger partial charge in [0, 0.05) is 0 Å². The summed E-state index contributed by atoms with van der Waals surface area (Å²) >= 11 is 2.60. The molecule has 0 aromatic carbocycles. The van der Waals surface area contributed by atoms with E-state index in [2.05, 4.69) is 13.8 Å². The molecule has 1 rings (SSSR count). The SMILES string of the molecule is [InH2][N]1CCCC=CS1. The Morgan fingerprint density at radius 3 is 3.38 bits per heavy atom. The van der Waals surface area contributed by atoms with Crippen LogP contribution in [0.4, 0.5) is 0 Å². The molecule has 0 aliphatic carbocycles. The Hall–Kier alpha value is 0.920. The van der Waals surface area contributed by atoms with Crippen molar-refractivity contribution in [1.82, 2.24) is 2.29 Å². The van der Waals surface area contributed by atoms with Gasteiger partial charge < -0.3 is 0 Å². The molecule has 0 N–H and O–H groups in total. The maximum atomic E-state index is 2.46. The number of allylic oxidation sites excluding steroid dienone is 1. The van der Waals surface area contributed by atoms with Gasteiger partial charge in [0.15, 0.2) is 0 Å². The minimum atomic E-state index is 0.716. The van der Waals surface area contributed by atoms with Crippen molar-refractivity contribution >= 4 is 36.6 Å². The van der Waals surface area contributed by atoms with Gasteiger partial charge in [-0.15, -0.1) is 0 Å². The first-order valence-electron chi connectivity index (χ1n) is 2.92. The average Bonchev–Trinajstić information content (AvgIpc) is 1.94. The van der Waals surface area contributed by atoms with Crippen LogP contribution in [0.3, 0.4) is 0 Å². The fraction of sp³-hybridized carbons (Fsp3) is 0.600. The van der Waals surface area contributed by atoms with E-state index in [9.17, 15) is 0 Å². The van der Waals surface area contributed by atoms with Crippen LogP contribution in [0.15, 0.2) is 11.5 Å². The van der Waals surface area contributed by atoms with Crippen LogP contribution in [0.1, 0.15) is 12.8 Å². The van der Waals surface area contributed by atoms with Crippen molar-refractivity contribution in [3.8, 4) is 0 Å². The molecule has 0 radical (unpaired) electrons. The Balaban J connectivity index is 2.30. The quantitative estimate of drug-likeness (QED) is 0.567. The van der Waals surface area contributed by atoms with E-state index < -0.39 is 0 Å². The monoisotopic (exact) mass is 231 g/mol. The molecule has 44 valence electrons. The summed E-state index contributed by atoms with van der Waals surface area (Å²) < 4.78 is 2.46. The molecule has 0 unspecified atom stereocenters. The van der Waals surface area contributed by atoms with E-state index in [1.54, 1.807) is 0 Å². The number of rotatable bonds is 0. The van der Waals surface area contributed by atoms with Crippen molar-refractivity contribution < 1.29 is 0 Å². The minimum absolute atomic E-state index is 0.716. The molecular formula is C5H10InNS. The summed E-state index contributed by atoms with van der Waals surface area (Å²) in [5.41, 5.74) is 0. The molecule has 1 nitrogen and oxygen atoms in total. The molecule has 0 amide bonds. The zero-order chi connectivity index (χ0) is 5.82. The van der Waals surface area contributed by atoms with Crippen LogP contribution in [-0.4, -0.2) is 33.5 Å². The van der Waals surface area contributed by atoms with Gasteiger partial charge in [0.2, 0.25) is 0 Å². The third-order valence-corrected chi connectivity index (χ3v) is 5.12. The molecule has 0 saturated heterocycles. The van der Waals surface area contributed by atoms with E-state index in [4.69, 9.17) is 0 Å². The first kappa shape index (κ1) is 7.03. The number of nitrogens with zero attached hydrogens (tertiary/aromatic N) is 1. The third kappa shape index (κ3) is 2.46. The van der Waals surface area contributed by atoms with Crippen molar-refractivity contribution in [2.24, 2.45) is 0 Å². The van der Waals surface area contributed by atoms with E-state index in [1.807, 2.05) is 11.9 Å². The van der Waals surface area contributed by atoms with Gasteiger partial charge in [0.25, 0.3) is 0 Å². The van der Waals surface area contributed by atoms with Crippen molar-refractivity contribution in [1.29, 1.82) is 0 Å². The summed E-state index contributed by atoms with van der Waals surface area (Å²) in [4.78, 5) is 0. The molecule has 1 heterocycles. The van der Waals surface area contributed by atoms with Gasteiger partial charge in [-0.3, -0.25) is 0 Å². The van der Waals surface area contributed by atoms with Gasteiger partial charge in [-0.05, 0) is 0 Å². The van der Waals surface area contributed by atoms with E-state index in [0.29, 0.717) is 24.7 Å². The van der Waals surface area contributed by atoms with Crippen molar-refractivity contribution in [2.45, 2.75) is 12.8 Å². The standard InChI is InChI=1S/C5H8NS.In.2H/c1-2-4-6-7-5-3-1;;;/h3,5H,1-2,4H2;;;/q-1;+1;;. The van der Waals surface area contributed by atoms with Crippen molar-refractivity contribution in [3.05, 3.63) is 11.5 Å². The van der Waals surface area contributed by atoms with E-state index in [-0.39, 0.29) is 0 Å². The summed E-state index contributed by atoms with van der Waals surface area (Å²) in [6.07, 6.45) is 4.90. The summed E-state index contributed by atoms with van der Waals surface area (Å²) in [7, 11) is 0. The predicted molar refractivity (Wildman–Crippen MR) is 41.2 cm³/mol. The first-order chi connectivity index (χ1) is 3.89. The average molecular weight is 231 g/mol. The van der Waals surface area contributed by atoms with Gasteiger partial charge in [-0.2, -0.15) is 0 Å². The summed E-state index contributed by atoms with van der Waals surface area (Å²) in [5.74, 6) is 0. The molecule has 0 aromatic heterocycles. The molecule has 0 atom stereocenters. The fourth-order valence-electron chi connectivity index (χ4n) is 0.699. The van der Waals surface area contributed by atoms with Gasteiger partial charge in [0.1, 0.15) is 0 Å². The molecule has 0 bridgehead atoms. The molecule has 0 spiro atoms. The summed E-state index contributed by atoms with van der Waals surface area (Å²) in [6, 6.07) is 0. The second-order valence-corrected chi connectivity index (χ2v) is 8.01. The fourth-order valence-corrected chi connectivity index (χ4v) is 3.31. The van der Waals surface area contributed by atoms with Crippen LogP contribution < -0.4 is 0 Å². The molecule has 0 fully saturated rings. The Kier molecular flexibility index (Phi) is 3.39. The second-order valence-electron chi connectivity index (χ2n) is 1.97. The van der Waals surface area contributed by atoms with Gasteiger partial charge in [0.05, 0.1) is 0 Å². The zero-order valence-electron chi connectivity index (χ0n) is 5.13. The Bertz CT molecular complexity index is 94.4. The van der Waals surface area contributed by atoms with Crippen molar-refractivity contribution in [3.63, 3.8) is 0 Å². The van der Waals surface area contributed by atoms with Gasteiger partial charge in [-0.1, -0.05) is 0 Å². The zero-order valence-corrected chi connectivity index (χ0v) is 11.7. The van der Waals surface area contributed by atoms with Gasteiger partial charge >= 0.3 is 69.8 Å². The van der Waals surface area contributed by atoms with Gasteiger partial charge in [-0.25, -0.2) is 0 Å². The molecular weight excluding hydrogens is 221 g/mol. The van der Waals surface area contributed by atoms with Crippen molar-refractivity contribution in [2.75, 3.05) is 6.54 Å². The Morgan fingerprint density at radius 1 is 1.62 bits per heavy atom. The Labute approximate surface area is 69.6 Å². The third-order valence-electron chi connectivity index (χ3n) is 1.18. The van der Waals surface area contributed by atoms with Crippen LogP contribution in [0.2, 0.25) is 0 Å². The summed E-state index contributed by atoms with van der Waals surface area (Å²) in [6.45, 7) is 1.31. The number of hydrogen-bond acceptors (Lipinski definition) is 2. The second kappa shape index (κ2) is 3.85. The normalized spacial score (nSPS) is 23.0. The maximum absolute atomic E-state index is 2.46. The van der Waals surface area contributed by atoms with Crippen LogP contribution in [0.25, 0.3) is 0 Å². The topological polar surface area (TPSA) is 3.24 Å². The molecule has 0 saturated carbocycles. The van der Waals surface area contributed by atoms with Crippen LogP contribution in [0.5, 0.6) is 0 Å². The molecule has 1 aliphatic rings. The molecule has 8 heavy (non-hydrogen) atoms. The molecule has 3 heteroatoms. The summed E-state index contributed by atoms with van der Waals surface area (Å²) in [5, 5.41) is 2.21. The Morgan fingerprint density at radius 2 is 2.50 bits per heavy atom. The van der Waals surface area contributed by atoms with Crippen LogP contribution >= 0.6 is 11.9 Å². The van der Waals surface area contributed by atoms with E-state index >= 15 is 0 Å². The van der Waals surface area contributed by atoms with Crippen LogP contribution in [0, 0.1) is 0 Å². The first-order valence-corrected chi connectivity index (χ1v) is 6.31. The van der Waals surface area contributed by atoms with E-state index in [0.717, 1.165) is 0 Å². The molecule has 1 aliphatic heterocycles. The van der Waals surface area contributed by atoms with Crippen LogP contribution in [-0.2, 0) is 0 Å². The predicted octanol–water partition coefficient (Wildman–Crippen LogP) is 0.792. The number of hydrogen-bond donors (Lipinski definition) is 0. The van der Waals surface area contributed by atoms with E-state index in [1.165, 1.54) is 19.4 Å².